The Bertz CT molecular complexity index is 1210. The van der Waals surface area contributed by atoms with Crippen molar-refractivity contribution in [2.45, 2.75) is 0 Å². The predicted molar refractivity (Wildman–Crippen MR) is 104 cm³/mol. The van der Waals surface area contributed by atoms with Gasteiger partial charge in [0.2, 0.25) is 5.75 Å². The number of aromatic hydroxyl groups is 1. The molecule has 11 heteroatoms. The third-order valence-corrected chi connectivity index (χ3v) is 3.94. The quantitative estimate of drug-likeness (QED) is 0.270. The van der Waals surface area contributed by atoms with Crippen LogP contribution in [0.1, 0.15) is 20.7 Å². The second-order valence-corrected chi connectivity index (χ2v) is 6.00. The highest BCUT2D eigenvalue weighted by Crippen LogP contribution is 2.37. The molecule has 0 aliphatic heterocycles. The molecule has 156 valence electrons. The lowest BCUT2D eigenvalue weighted by Crippen LogP contribution is -2.13. The average molecular weight is 424 g/mol. The molecule has 1 N–H and O–H groups in total. The normalized spacial score (nSPS) is 10.2. The molecule has 31 heavy (non-hydrogen) atoms. The number of carbonyl (C=O) groups excluding carboxylic acids is 2. The summed E-state index contributed by atoms with van der Waals surface area (Å²) in [6.45, 7) is 0. The predicted octanol–water partition coefficient (Wildman–Crippen LogP) is 3.65. The molecule has 0 fully saturated rings. The first-order valence-electron chi connectivity index (χ1n) is 8.51. The van der Waals surface area contributed by atoms with Gasteiger partial charge >= 0.3 is 11.9 Å². The number of nitrogens with zero attached hydrogens (tertiary/aromatic N) is 2. The van der Waals surface area contributed by atoms with E-state index in [1.807, 2.05) is 0 Å². The molecule has 0 unspecified atom stereocenters. The third kappa shape index (κ3) is 4.79. The van der Waals surface area contributed by atoms with Crippen molar-refractivity contribution in [1.29, 1.82) is 0 Å². The minimum absolute atomic E-state index is 0.145. The van der Waals surface area contributed by atoms with Gasteiger partial charge in [-0.15, -0.1) is 0 Å². The Kier molecular flexibility index (Phi) is 5.87. The fourth-order valence-corrected chi connectivity index (χ4v) is 2.49. The van der Waals surface area contributed by atoms with E-state index in [4.69, 9.17) is 9.47 Å². The van der Waals surface area contributed by atoms with Crippen LogP contribution in [0.2, 0.25) is 0 Å². The number of ether oxygens (including phenoxy) is 2. The second-order valence-electron chi connectivity index (χ2n) is 6.00. The van der Waals surface area contributed by atoms with E-state index in [2.05, 4.69) is 0 Å². The van der Waals surface area contributed by atoms with Crippen molar-refractivity contribution in [2.24, 2.45) is 0 Å². The molecule has 0 saturated carbocycles. The topological polar surface area (TPSA) is 159 Å². The van der Waals surface area contributed by atoms with Crippen molar-refractivity contribution in [3.8, 4) is 17.2 Å². The number of non-ortho nitro benzene ring substituents is 2. The van der Waals surface area contributed by atoms with Gasteiger partial charge in [-0.2, -0.15) is 0 Å². The number of phenolic OH excluding ortho intramolecular Hbond substituents is 1. The molecule has 0 aliphatic carbocycles. The SMILES string of the molecule is O=C(Oc1cccc(O)c1OC(=O)c1cccc([N+](=O)[O-])c1)c1cccc([N+](=O)[O-])c1. The van der Waals surface area contributed by atoms with E-state index >= 15 is 0 Å². The molecule has 0 radical (unpaired) electrons. The lowest BCUT2D eigenvalue weighted by Gasteiger charge is -2.12. The van der Waals surface area contributed by atoms with E-state index in [0.29, 0.717) is 0 Å². The first kappa shape index (κ1) is 20.9. The van der Waals surface area contributed by atoms with Crippen molar-refractivity contribution in [3.63, 3.8) is 0 Å². The van der Waals surface area contributed by atoms with Crippen LogP contribution in [0.15, 0.2) is 66.7 Å². The Morgan fingerprint density at radius 1 is 0.742 bits per heavy atom. The van der Waals surface area contributed by atoms with E-state index in [1.54, 1.807) is 0 Å². The summed E-state index contributed by atoms with van der Waals surface area (Å²) in [5.74, 6) is -3.42. The van der Waals surface area contributed by atoms with Gasteiger partial charge in [0.05, 0.1) is 21.0 Å². The van der Waals surface area contributed by atoms with Crippen molar-refractivity contribution in [2.75, 3.05) is 0 Å². The smallest absolute Gasteiger partial charge is 0.344 e. The zero-order valence-electron chi connectivity index (χ0n) is 15.5. The average Bonchev–Trinajstić information content (AvgIpc) is 2.76. The Morgan fingerprint density at radius 2 is 1.23 bits per heavy atom. The molecule has 3 aromatic rings. The van der Waals surface area contributed by atoms with Crippen molar-refractivity contribution in [1.82, 2.24) is 0 Å². The first-order valence-corrected chi connectivity index (χ1v) is 8.51. The van der Waals surface area contributed by atoms with Crippen molar-refractivity contribution >= 4 is 23.3 Å². The van der Waals surface area contributed by atoms with E-state index in [-0.39, 0.29) is 28.3 Å². The lowest BCUT2D eigenvalue weighted by atomic mass is 10.2. The molecule has 0 atom stereocenters. The summed E-state index contributed by atoms with van der Waals surface area (Å²) in [5.41, 5.74) is -0.992. The van der Waals surface area contributed by atoms with Gasteiger partial charge in [-0.05, 0) is 24.3 Å². The van der Waals surface area contributed by atoms with Crippen LogP contribution in [0.4, 0.5) is 11.4 Å². The minimum Gasteiger partial charge on any atom is -0.504 e. The number of carbonyl (C=O) groups is 2. The zero-order chi connectivity index (χ0) is 22.5. The summed E-state index contributed by atoms with van der Waals surface area (Å²) in [6, 6.07) is 13.2. The number of nitro groups is 2. The lowest BCUT2D eigenvalue weighted by molar-refractivity contribution is -0.385. The van der Waals surface area contributed by atoms with Gasteiger partial charge in [0, 0.05) is 24.3 Å². The van der Waals surface area contributed by atoms with Gasteiger partial charge in [0.1, 0.15) is 0 Å². The Labute approximate surface area is 173 Å². The summed E-state index contributed by atoms with van der Waals surface area (Å²) >= 11 is 0. The first-order chi connectivity index (χ1) is 14.8. The molecule has 0 saturated heterocycles. The largest absolute Gasteiger partial charge is 0.504 e. The van der Waals surface area contributed by atoms with Crippen molar-refractivity contribution < 1.29 is 34.0 Å². The van der Waals surface area contributed by atoms with E-state index in [9.17, 15) is 34.9 Å². The summed E-state index contributed by atoms with van der Waals surface area (Å²) in [7, 11) is 0. The number of para-hydroxylation sites is 1. The number of esters is 2. The van der Waals surface area contributed by atoms with E-state index in [1.165, 1.54) is 54.6 Å². The highest BCUT2D eigenvalue weighted by molar-refractivity contribution is 5.94. The number of hydrogen-bond acceptors (Lipinski definition) is 9. The van der Waals surface area contributed by atoms with Gasteiger partial charge in [0.25, 0.3) is 11.4 Å². The number of benzene rings is 3. The highest BCUT2D eigenvalue weighted by atomic mass is 16.6. The maximum absolute atomic E-state index is 12.4. The van der Waals surface area contributed by atoms with Crippen LogP contribution >= 0.6 is 0 Å². The molecule has 0 bridgehead atoms. The number of nitro benzene ring substituents is 2. The van der Waals surface area contributed by atoms with Crippen LogP contribution in [0.25, 0.3) is 0 Å². The number of rotatable bonds is 6. The molecule has 0 aliphatic rings. The minimum atomic E-state index is -1.04. The molecular formula is C20H12N2O9. The van der Waals surface area contributed by atoms with Crippen LogP contribution < -0.4 is 9.47 Å². The molecule has 11 nitrogen and oxygen atoms in total. The fourth-order valence-electron chi connectivity index (χ4n) is 2.49. The van der Waals surface area contributed by atoms with Crippen molar-refractivity contribution in [3.05, 3.63) is 98.1 Å². The van der Waals surface area contributed by atoms with Gasteiger partial charge in [-0.3, -0.25) is 20.2 Å². The van der Waals surface area contributed by atoms with Gasteiger partial charge in [0.15, 0.2) is 11.5 Å². The molecule has 3 rings (SSSR count). The Balaban J connectivity index is 1.87. The van der Waals surface area contributed by atoms with Crippen LogP contribution in [0.3, 0.4) is 0 Å². The molecule has 0 spiro atoms. The summed E-state index contributed by atoms with van der Waals surface area (Å²) in [4.78, 5) is 45.2. The standard InChI is InChI=1S/C20H12N2O9/c23-16-8-3-9-17(30-19(24)12-4-1-6-14(10-12)21(26)27)18(16)31-20(25)13-5-2-7-15(11-13)22(28)29/h1-11,23H. The zero-order valence-corrected chi connectivity index (χ0v) is 15.5. The number of hydrogen-bond donors (Lipinski definition) is 1. The second kappa shape index (κ2) is 8.69. The third-order valence-electron chi connectivity index (χ3n) is 3.94. The van der Waals surface area contributed by atoms with Gasteiger partial charge in [-0.1, -0.05) is 18.2 Å². The van der Waals surface area contributed by atoms with Crippen LogP contribution in [0, 0.1) is 20.2 Å². The van der Waals surface area contributed by atoms with Crippen LogP contribution in [0.5, 0.6) is 17.2 Å². The summed E-state index contributed by atoms with van der Waals surface area (Å²) in [6.07, 6.45) is 0. The summed E-state index contributed by atoms with van der Waals surface area (Å²) < 4.78 is 10.2. The van der Waals surface area contributed by atoms with E-state index in [0.717, 1.165) is 12.1 Å². The molecule has 0 aromatic heterocycles. The maximum Gasteiger partial charge on any atom is 0.344 e. The van der Waals surface area contributed by atoms with Crippen LogP contribution in [-0.2, 0) is 0 Å². The molecule has 0 heterocycles. The Hall–Kier alpha value is -4.80. The van der Waals surface area contributed by atoms with E-state index < -0.39 is 33.3 Å². The molecule has 3 aromatic carbocycles. The maximum atomic E-state index is 12.4. The monoisotopic (exact) mass is 424 g/mol. The van der Waals surface area contributed by atoms with Crippen LogP contribution in [-0.4, -0.2) is 26.9 Å². The highest BCUT2D eigenvalue weighted by Gasteiger charge is 2.21. The van der Waals surface area contributed by atoms with Gasteiger partial charge in [-0.25, -0.2) is 9.59 Å². The Morgan fingerprint density at radius 3 is 1.74 bits per heavy atom. The van der Waals surface area contributed by atoms with Gasteiger partial charge < -0.3 is 14.6 Å². The molecular weight excluding hydrogens is 412 g/mol. The summed E-state index contributed by atoms with van der Waals surface area (Å²) in [5, 5.41) is 31.8. The number of phenols is 1. The molecule has 0 amide bonds. The fraction of sp³-hybridized carbons (Fsp3) is 0.